The zero-order chi connectivity index (χ0) is 21.3. The number of aromatic nitrogens is 4. The number of fused-ring (bicyclic) bond motifs is 1. The van der Waals surface area contributed by atoms with E-state index in [1.807, 2.05) is 13.8 Å². The van der Waals surface area contributed by atoms with Gasteiger partial charge in [-0.25, -0.2) is 19.2 Å². The Morgan fingerprint density at radius 2 is 1.86 bits per heavy atom. The zero-order valence-corrected chi connectivity index (χ0v) is 17.2. The van der Waals surface area contributed by atoms with Crippen molar-refractivity contribution < 1.29 is 9.18 Å². The number of halogens is 1. The van der Waals surface area contributed by atoms with Gasteiger partial charge in [-0.3, -0.25) is 18.7 Å². The molecule has 0 aliphatic heterocycles. The highest BCUT2D eigenvalue weighted by Gasteiger charge is 2.19. The number of thioether (sulfide) groups is 1. The number of carbonyl (C=O) groups excluding carboxylic acids is 1. The maximum atomic E-state index is 13.7. The van der Waals surface area contributed by atoms with Crippen LogP contribution in [0.3, 0.4) is 0 Å². The molecule has 10 heteroatoms. The predicted molar refractivity (Wildman–Crippen MR) is 110 cm³/mol. The predicted octanol–water partition coefficient (Wildman–Crippen LogP) is 2.02. The van der Waals surface area contributed by atoms with Gasteiger partial charge in [0.05, 0.1) is 11.4 Å². The van der Waals surface area contributed by atoms with Gasteiger partial charge in [-0.05, 0) is 12.1 Å². The summed E-state index contributed by atoms with van der Waals surface area (Å²) in [5.74, 6) is -0.670. The summed E-state index contributed by atoms with van der Waals surface area (Å²) in [6.07, 6.45) is 0. The van der Waals surface area contributed by atoms with Crippen LogP contribution < -0.4 is 16.6 Å². The van der Waals surface area contributed by atoms with Gasteiger partial charge < -0.3 is 5.32 Å². The molecule has 152 valence electrons. The van der Waals surface area contributed by atoms with Gasteiger partial charge in [-0.2, -0.15) is 0 Å². The van der Waals surface area contributed by atoms with Gasteiger partial charge in [-0.1, -0.05) is 37.7 Å². The molecule has 0 fully saturated rings. The maximum Gasteiger partial charge on any atom is 0.332 e. The topological polar surface area (TPSA) is 98.9 Å². The van der Waals surface area contributed by atoms with Crippen LogP contribution >= 0.6 is 11.8 Å². The molecule has 0 spiro atoms. The number of para-hydroxylation sites is 1. The first-order valence-electron chi connectivity index (χ1n) is 8.85. The van der Waals surface area contributed by atoms with Crippen molar-refractivity contribution in [1.82, 2.24) is 19.1 Å². The highest BCUT2D eigenvalue weighted by Crippen LogP contribution is 2.25. The van der Waals surface area contributed by atoms with Crippen molar-refractivity contribution in [3.63, 3.8) is 0 Å². The van der Waals surface area contributed by atoms with Gasteiger partial charge in [0, 0.05) is 20.0 Å². The summed E-state index contributed by atoms with van der Waals surface area (Å²) >= 11 is 1.04. The van der Waals surface area contributed by atoms with Gasteiger partial charge in [0.2, 0.25) is 5.91 Å². The molecule has 0 aliphatic carbocycles. The smallest absolute Gasteiger partial charge is 0.323 e. The number of amides is 1. The summed E-state index contributed by atoms with van der Waals surface area (Å²) < 4.78 is 16.0. The lowest BCUT2D eigenvalue weighted by molar-refractivity contribution is -0.113. The van der Waals surface area contributed by atoms with Crippen molar-refractivity contribution in [3.8, 4) is 0 Å². The van der Waals surface area contributed by atoms with Crippen LogP contribution in [0.15, 0.2) is 38.9 Å². The standard InChI is InChI=1S/C19H20FN5O3S/c1-10(2)15-22-16-14(18(27)25(4)19(28)24(16)3)17(23-15)29-9-13(26)21-12-8-6-5-7-11(12)20/h5-8,10H,9H2,1-4H3,(H,21,26). The molecule has 0 saturated heterocycles. The molecule has 1 aromatic carbocycles. The van der Waals surface area contributed by atoms with Crippen LogP contribution in [-0.2, 0) is 18.9 Å². The minimum absolute atomic E-state index is 0.0508. The Hall–Kier alpha value is -3.01. The van der Waals surface area contributed by atoms with Crippen LogP contribution in [0.25, 0.3) is 11.0 Å². The van der Waals surface area contributed by atoms with E-state index in [2.05, 4.69) is 15.3 Å². The Balaban J connectivity index is 2.00. The average molecular weight is 417 g/mol. The number of anilines is 1. The minimum atomic E-state index is -0.538. The van der Waals surface area contributed by atoms with E-state index in [-0.39, 0.29) is 28.4 Å². The second-order valence-electron chi connectivity index (χ2n) is 6.76. The van der Waals surface area contributed by atoms with Crippen molar-refractivity contribution in [2.45, 2.75) is 24.8 Å². The molecule has 3 aromatic rings. The lowest BCUT2D eigenvalue weighted by Gasteiger charge is -2.13. The fraction of sp³-hybridized carbons (Fsp3) is 0.316. The third-order valence-corrected chi connectivity index (χ3v) is 5.26. The van der Waals surface area contributed by atoms with Crippen LogP contribution in [0.4, 0.5) is 10.1 Å². The molecule has 2 heterocycles. The second-order valence-corrected chi connectivity index (χ2v) is 7.73. The number of hydrogen-bond donors (Lipinski definition) is 1. The quantitative estimate of drug-likeness (QED) is 0.504. The molecule has 1 N–H and O–H groups in total. The summed E-state index contributed by atoms with van der Waals surface area (Å²) in [7, 11) is 2.90. The maximum absolute atomic E-state index is 13.7. The van der Waals surface area contributed by atoms with Crippen molar-refractivity contribution in [1.29, 1.82) is 0 Å². The Morgan fingerprint density at radius 1 is 1.17 bits per heavy atom. The highest BCUT2D eigenvalue weighted by molar-refractivity contribution is 8.00. The molecule has 0 radical (unpaired) electrons. The molecule has 0 saturated carbocycles. The summed E-state index contributed by atoms with van der Waals surface area (Å²) in [5.41, 5.74) is -0.736. The van der Waals surface area contributed by atoms with Crippen LogP contribution in [0.5, 0.6) is 0 Å². The number of hydrogen-bond acceptors (Lipinski definition) is 6. The Kier molecular flexibility index (Phi) is 5.83. The first-order valence-corrected chi connectivity index (χ1v) is 9.84. The average Bonchev–Trinajstić information content (AvgIpc) is 2.70. The third kappa shape index (κ3) is 4.07. The monoisotopic (exact) mass is 417 g/mol. The lowest BCUT2D eigenvalue weighted by Crippen LogP contribution is -2.38. The number of nitrogens with one attached hydrogen (secondary N) is 1. The van der Waals surface area contributed by atoms with Crippen LogP contribution in [0, 0.1) is 5.82 Å². The molecule has 1 amide bonds. The minimum Gasteiger partial charge on any atom is -0.323 e. The highest BCUT2D eigenvalue weighted by atomic mass is 32.2. The number of benzene rings is 1. The third-order valence-electron chi connectivity index (χ3n) is 4.29. The van der Waals surface area contributed by atoms with Gasteiger partial charge in [-0.15, -0.1) is 0 Å². The van der Waals surface area contributed by atoms with Gasteiger partial charge in [0.1, 0.15) is 22.1 Å². The summed E-state index contributed by atoms with van der Waals surface area (Å²) in [6, 6.07) is 5.85. The second kappa shape index (κ2) is 8.16. The van der Waals surface area contributed by atoms with Gasteiger partial charge >= 0.3 is 5.69 Å². The van der Waals surface area contributed by atoms with Gasteiger partial charge in [0.25, 0.3) is 5.56 Å². The molecule has 0 aliphatic rings. The summed E-state index contributed by atoms with van der Waals surface area (Å²) in [4.78, 5) is 46.0. The Bertz CT molecular complexity index is 1220. The number of rotatable bonds is 5. The first kappa shape index (κ1) is 20.7. The number of aryl methyl sites for hydroxylation is 1. The van der Waals surface area contributed by atoms with E-state index in [9.17, 15) is 18.8 Å². The van der Waals surface area contributed by atoms with E-state index in [0.717, 1.165) is 16.3 Å². The number of nitrogens with zero attached hydrogens (tertiary/aromatic N) is 4. The molecule has 0 atom stereocenters. The zero-order valence-electron chi connectivity index (χ0n) is 16.4. The fourth-order valence-electron chi connectivity index (χ4n) is 2.69. The SMILES string of the molecule is CC(C)c1nc(SCC(=O)Nc2ccccc2F)c2c(=O)n(C)c(=O)n(C)c2n1. The van der Waals surface area contributed by atoms with Crippen LogP contribution in [-0.4, -0.2) is 30.8 Å². The van der Waals surface area contributed by atoms with E-state index < -0.39 is 23.0 Å². The molecule has 0 bridgehead atoms. The molecule has 3 rings (SSSR count). The first-order chi connectivity index (χ1) is 13.7. The largest absolute Gasteiger partial charge is 0.332 e. The van der Waals surface area contributed by atoms with E-state index in [0.29, 0.717) is 10.9 Å². The summed E-state index contributed by atoms with van der Waals surface area (Å²) in [6.45, 7) is 3.78. The molecule has 2 aromatic heterocycles. The van der Waals surface area contributed by atoms with Crippen molar-refractivity contribution in [2.24, 2.45) is 14.1 Å². The lowest BCUT2D eigenvalue weighted by atomic mass is 10.2. The Labute approximate surface area is 169 Å². The molecular formula is C19H20FN5O3S. The van der Waals surface area contributed by atoms with Crippen LogP contribution in [0.2, 0.25) is 0 Å². The van der Waals surface area contributed by atoms with Crippen molar-refractivity contribution >= 4 is 34.4 Å². The molecule has 0 unspecified atom stereocenters. The van der Waals surface area contributed by atoms with E-state index >= 15 is 0 Å². The molecule has 8 nitrogen and oxygen atoms in total. The van der Waals surface area contributed by atoms with Crippen molar-refractivity contribution in [2.75, 3.05) is 11.1 Å². The van der Waals surface area contributed by atoms with Crippen LogP contribution in [0.1, 0.15) is 25.6 Å². The number of carbonyl (C=O) groups is 1. The van der Waals surface area contributed by atoms with E-state index in [4.69, 9.17) is 0 Å². The summed E-state index contributed by atoms with van der Waals surface area (Å²) in [5, 5.41) is 2.97. The fourth-order valence-corrected chi connectivity index (χ4v) is 3.51. The van der Waals surface area contributed by atoms with E-state index in [1.165, 1.54) is 36.9 Å². The molecule has 29 heavy (non-hydrogen) atoms. The van der Waals surface area contributed by atoms with Crippen molar-refractivity contribution in [3.05, 3.63) is 56.7 Å². The molecular weight excluding hydrogens is 397 g/mol. The normalized spacial score (nSPS) is 11.2. The Morgan fingerprint density at radius 3 is 2.52 bits per heavy atom. The van der Waals surface area contributed by atoms with E-state index in [1.54, 1.807) is 6.07 Å². The van der Waals surface area contributed by atoms with Gasteiger partial charge in [0.15, 0.2) is 5.65 Å².